The molecule has 1 rings (SSSR count). The standard InChI is InChI=1S/C8H10O4/c1-2-8(3-6(9)10)4-7(11)12-5-8/h2H,1,3-5H2,(H,9,10). The quantitative estimate of drug-likeness (QED) is 0.497. The first-order valence-corrected chi connectivity index (χ1v) is 3.59. The number of hydrogen-bond acceptors (Lipinski definition) is 3. The summed E-state index contributed by atoms with van der Waals surface area (Å²) in [6.45, 7) is 3.65. The normalized spacial score (nSPS) is 28.2. The second kappa shape index (κ2) is 2.97. The molecule has 66 valence electrons. The predicted octanol–water partition coefficient (Wildman–Crippen LogP) is 0.580. The highest BCUT2D eigenvalue weighted by molar-refractivity contribution is 5.76. The van der Waals surface area contributed by atoms with Crippen LogP contribution in [-0.2, 0) is 14.3 Å². The van der Waals surface area contributed by atoms with Crippen LogP contribution in [0.15, 0.2) is 12.7 Å². The lowest BCUT2D eigenvalue weighted by atomic mass is 9.84. The minimum atomic E-state index is -0.937. The maximum atomic E-state index is 10.7. The monoisotopic (exact) mass is 170 g/mol. The Kier molecular flexibility index (Phi) is 2.17. The Morgan fingerprint density at radius 3 is 2.83 bits per heavy atom. The van der Waals surface area contributed by atoms with E-state index < -0.39 is 11.4 Å². The molecule has 1 unspecified atom stereocenters. The number of aliphatic carboxylic acids is 1. The van der Waals surface area contributed by atoms with Crippen LogP contribution in [0.2, 0.25) is 0 Å². The number of hydrogen-bond donors (Lipinski definition) is 1. The summed E-state index contributed by atoms with van der Waals surface area (Å²) >= 11 is 0. The molecule has 12 heavy (non-hydrogen) atoms. The highest BCUT2D eigenvalue weighted by Crippen LogP contribution is 2.34. The van der Waals surface area contributed by atoms with Gasteiger partial charge in [-0.25, -0.2) is 0 Å². The zero-order valence-corrected chi connectivity index (χ0v) is 6.58. The van der Waals surface area contributed by atoms with Crippen molar-refractivity contribution < 1.29 is 19.4 Å². The van der Waals surface area contributed by atoms with Gasteiger partial charge < -0.3 is 9.84 Å². The van der Waals surface area contributed by atoms with E-state index in [1.54, 1.807) is 0 Å². The second-order valence-electron chi connectivity index (χ2n) is 2.97. The predicted molar refractivity (Wildman–Crippen MR) is 40.5 cm³/mol. The number of cyclic esters (lactones) is 1. The molecular formula is C8H10O4. The lowest BCUT2D eigenvalue weighted by molar-refractivity contribution is -0.139. The average molecular weight is 170 g/mol. The van der Waals surface area contributed by atoms with Crippen LogP contribution in [0, 0.1) is 5.41 Å². The van der Waals surface area contributed by atoms with Crippen molar-refractivity contribution in [1.29, 1.82) is 0 Å². The molecule has 4 heteroatoms. The minimum absolute atomic E-state index is 0.0950. The van der Waals surface area contributed by atoms with Crippen LogP contribution >= 0.6 is 0 Å². The van der Waals surface area contributed by atoms with Crippen LogP contribution in [0.3, 0.4) is 0 Å². The van der Waals surface area contributed by atoms with Gasteiger partial charge in [0.25, 0.3) is 0 Å². The molecule has 1 aliphatic heterocycles. The number of carbonyl (C=O) groups is 2. The Morgan fingerprint density at radius 1 is 1.83 bits per heavy atom. The van der Waals surface area contributed by atoms with Crippen molar-refractivity contribution >= 4 is 11.9 Å². The van der Waals surface area contributed by atoms with Gasteiger partial charge in [0.2, 0.25) is 0 Å². The molecule has 0 aliphatic carbocycles. The lowest BCUT2D eigenvalue weighted by Crippen LogP contribution is -2.22. The Bertz CT molecular complexity index is 233. The summed E-state index contributed by atoms with van der Waals surface area (Å²) in [7, 11) is 0. The van der Waals surface area contributed by atoms with Crippen molar-refractivity contribution in [2.45, 2.75) is 12.8 Å². The summed E-state index contributed by atoms with van der Waals surface area (Å²) in [5.74, 6) is -1.29. The summed E-state index contributed by atoms with van der Waals surface area (Å²) in [6.07, 6.45) is 1.52. The van der Waals surface area contributed by atoms with Crippen LogP contribution in [0.1, 0.15) is 12.8 Å². The molecule has 0 aromatic heterocycles. The van der Waals surface area contributed by atoms with Crippen LogP contribution in [0.4, 0.5) is 0 Å². The molecule has 1 fully saturated rings. The van der Waals surface area contributed by atoms with E-state index in [-0.39, 0.29) is 25.4 Å². The molecule has 0 radical (unpaired) electrons. The second-order valence-corrected chi connectivity index (χ2v) is 2.97. The topological polar surface area (TPSA) is 63.6 Å². The summed E-state index contributed by atoms with van der Waals surface area (Å²) < 4.78 is 4.69. The summed E-state index contributed by atoms with van der Waals surface area (Å²) in [5, 5.41) is 8.54. The van der Waals surface area contributed by atoms with E-state index in [1.165, 1.54) is 6.08 Å². The third-order valence-electron chi connectivity index (χ3n) is 1.95. The Hall–Kier alpha value is -1.32. The van der Waals surface area contributed by atoms with Gasteiger partial charge in [-0.15, -0.1) is 6.58 Å². The van der Waals surface area contributed by atoms with E-state index >= 15 is 0 Å². The molecule has 1 saturated heterocycles. The van der Waals surface area contributed by atoms with Gasteiger partial charge >= 0.3 is 11.9 Å². The molecule has 4 nitrogen and oxygen atoms in total. The number of esters is 1. The van der Waals surface area contributed by atoms with Gasteiger partial charge in [-0.05, 0) is 0 Å². The van der Waals surface area contributed by atoms with Crippen molar-refractivity contribution in [3.05, 3.63) is 12.7 Å². The van der Waals surface area contributed by atoms with Gasteiger partial charge in [-0.2, -0.15) is 0 Å². The first-order valence-electron chi connectivity index (χ1n) is 3.59. The molecule has 0 bridgehead atoms. The van der Waals surface area contributed by atoms with E-state index in [0.29, 0.717) is 0 Å². The number of rotatable bonds is 3. The van der Waals surface area contributed by atoms with Gasteiger partial charge in [0.15, 0.2) is 0 Å². The molecule has 1 heterocycles. The van der Waals surface area contributed by atoms with Crippen LogP contribution in [0.25, 0.3) is 0 Å². The molecule has 1 aliphatic rings. The smallest absolute Gasteiger partial charge is 0.306 e. The van der Waals surface area contributed by atoms with Gasteiger partial charge in [0, 0.05) is 5.41 Å². The zero-order valence-electron chi connectivity index (χ0n) is 6.58. The van der Waals surface area contributed by atoms with Crippen molar-refractivity contribution in [2.75, 3.05) is 6.61 Å². The van der Waals surface area contributed by atoms with E-state index in [2.05, 4.69) is 11.3 Å². The molecule has 0 saturated carbocycles. The van der Waals surface area contributed by atoms with Crippen LogP contribution in [-0.4, -0.2) is 23.7 Å². The average Bonchev–Trinajstić information content (AvgIpc) is 2.32. The van der Waals surface area contributed by atoms with E-state index in [0.717, 1.165) is 0 Å². The van der Waals surface area contributed by atoms with Gasteiger partial charge in [0.05, 0.1) is 12.8 Å². The highest BCUT2D eigenvalue weighted by atomic mass is 16.5. The number of ether oxygens (including phenoxy) is 1. The summed E-state index contributed by atoms with van der Waals surface area (Å²) in [5.41, 5.74) is -0.678. The molecule has 1 N–H and O–H groups in total. The Morgan fingerprint density at radius 2 is 2.50 bits per heavy atom. The SMILES string of the molecule is C=CC1(CC(=O)O)COC(=O)C1. The van der Waals surface area contributed by atoms with E-state index in [9.17, 15) is 9.59 Å². The molecule has 0 aromatic rings. The number of carboxylic acid groups (broad SMARTS) is 1. The van der Waals surface area contributed by atoms with Crippen molar-refractivity contribution in [3.63, 3.8) is 0 Å². The van der Waals surface area contributed by atoms with Crippen LogP contribution in [0.5, 0.6) is 0 Å². The summed E-state index contributed by atoms with van der Waals surface area (Å²) in [4.78, 5) is 21.1. The summed E-state index contributed by atoms with van der Waals surface area (Å²) in [6, 6.07) is 0. The van der Waals surface area contributed by atoms with Crippen molar-refractivity contribution in [2.24, 2.45) is 5.41 Å². The Balaban J connectivity index is 2.70. The highest BCUT2D eigenvalue weighted by Gasteiger charge is 2.39. The van der Waals surface area contributed by atoms with Crippen LogP contribution < -0.4 is 0 Å². The maximum absolute atomic E-state index is 10.7. The van der Waals surface area contributed by atoms with E-state index in [4.69, 9.17) is 5.11 Å². The Labute approximate surface area is 69.8 Å². The number of carbonyl (C=O) groups excluding carboxylic acids is 1. The molecule has 0 amide bonds. The fourth-order valence-electron chi connectivity index (χ4n) is 1.23. The molecule has 0 aromatic carbocycles. The van der Waals surface area contributed by atoms with Crippen molar-refractivity contribution in [1.82, 2.24) is 0 Å². The zero-order chi connectivity index (χ0) is 9.19. The van der Waals surface area contributed by atoms with Gasteiger partial charge in [-0.3, -0.25) is 9.59 Å². The maximum Gasteiger partial charge on any atom is 0.306 e. The largest absolute Gasteiger partial charge is 0.481 e. The lowest BCUT2D eigenvalue weighted by Gasteiger charge is -2.17. The molecular weight excluding hydrogens is 160 g/mol. The first kappa shape index (κ1) is 8.77. The van der Waals surface area contributed by atoms with Gasteiger partial charge in [-0.1, -0.05) is 6.08 Å². The fraction of sp³-hybridized carbons (Fsp3) is 0.500. The fourth-order valence-corrected chi connectivity index (χ4v) is 1.23. The van der Waals surface area contributed by atoms with Crippen molar-refractivity contribution in [3.8, 4) is 0 Å². The minimum Gasteiger partial charge on any atom is -0.481 e. The van der Waals surface area contributed by atoms with Gasteiger partial charge in [0.1, 0.15) is 6.61 Å². The third kappa shape index (κ3) is 1.64. The number of carboxylic acids is 1. The van der Waals surface area contributed by atoms with E-state index in [1.807, 2.05) is 0 Å². The molecule has 0 spiro atoms. The third-order valence-corrected chi connectivity index (χ3v) is 1.95. The first-order chi connectivity index (χ1) is 5.58. The molecule has 1 atom stereocenters.